The first-order valence-corrected chi connectivity index (χ1v) is 8.57. The topological polar surface area (TPSA) is 25.2 Å². The zero-order valence-corrected chi connectivity index (χ0v) is 13.9. The number of benzene rings is 1. The summed E-state index contributed by atoms with van der Waals surface area (Å²) in [4.78, 5) is 15.4. The number of hydrogen-bond acceptors (Lipinski definition) is 1. The molecule has 1 saturated heterocycles. The number of fused-ring (bicyclic) bond motifs is 1. The highest BCUT2D eigenvalue weighted by molar-refractivity contribution is 6.01. The van der Waals surface area contributed by atoms with Crippen LogP contribution in [0.2, 0.25) is 0 Å². The first-order chi connectivity index (χ1) is 10.7. The molecule has 0 bridgehead atoms. The Morgan fingerprint density at radius 1 is 1.23 bits per heavy atom. The Hall–Kier alpha value is -1.77. The minimum absolute atomic E-state index is 0.224. The number of aromatic nitrogens is 1. The lowest BCUT2D eigenvalue weighted by Crippen LogP contribution is -2.44. The number of nitrogens with zero attached hydrogens (tertiary/aromatic N) is 2. The third-order valence-corrected chi connectivity index (χ3v) is 5.10. The zero-order valence-electron chi connectivity index (χ0n) is 13.9. The van der Waals surface area contributed by atoms with Crippen molar-refractivity contribution in [3.63, 3.8) is 0 Å². The van der Waals surface area contributed by atoms with E-state index in [-0.39, 0.29) is 5.91 Å². The van der Waals surface area contributed by atoms with Crippen LogP contribution in [-0.4, -0.2) is 28.0 Å². The van der Waals surface area contributed by atoms with E-state index in [9.17, 15) is 4.79 Å². The molecule has 118 valence electrons. The van der Waals surface area contributed by atoms with E-state index in [1.165, 1.54) is 17.3 Å². The number of carbonyl (C=O) groups excluding carboxylic acids is 1. The van der Waals surface area contributed by atoms with Crippen molar-refractivity contribution < 1.29 is 4.79 Å². The van der Waals surface area contributed by atoms with Gasteiger partial charge in [-0.05, 0) is 51.2 Å². The number of aryl methyl sites for hydroxylation is 2. The number of carbonyl (C=O) groups is 1. The van der Waals surface area contributed by atoms with Crippen molar-refractivity contribution >= 4 is 16.8 Å². The first kappa shape index (κ1) is 15.1. The highest BCUT2D eigenvalue weighted by Crippen LogP contribution is 2.29. The number of likely N-dealkylation sites (tertiary alicyclic amines) is 1. The second-order valence-corrected chi connectivity index (χ2v) is 6.29. The molecule has 2 heterocycles. The van der Waals surface area contributed by atoms with Gasteiger partial charge >= 0.3 is 0 Å². The van der Waals surface area contributed by atoms with Crippen LogP contribution in [0.5, 0.6) is 0 Å². The van der Waals surface area contributed by atoms with Gasteiger partial charge in [-0.25, -0.2) is 0 Å². The maximum atomic E-state index is 13.2. The van der Waals surface area contributed by atoms with Crippen molar-refractivity contribution in [1.82, 2.24) is 9.47 Å². The van der Waals surface area contributed by atoms with Crippen molar-refractivity contribution in [3.05, 3.63) is 35.5 Å². The summed E-state index contributed by atoms with van der Waals surface area (Å²) >= 11 is 0. The molecule has 3 nitrogen and oxygen atoms in total. The van der Waals surface area contributed by atoms with Crippen LogP contribution in [0.15, 0.2) is 24.3 Å². The summed E-state index contributed by atoms with van der Waals surface area (Å²) in [7, 11) is 0. The first-order valence-electron chi connectivity index (χ1n) is 8.57. The molecular formula is C19H26N2O. The molecule has 3 heteroatoms. The standard InChI is InChI=1S/C19H26N2O/c1-4-15-10-8-9-13-21(15)19(22)18-14(3)16-11-6-7-12-17(16)20(18)5-2/h6-7,11-12,15H,4-5,8-10,13H2,1-3H3. The Balaban J connectivity index is 2.08. The molecule has 22 heavy (non-hydrogen) atoms. The van der Waals surface area contributed by atoms with E-state index in [2.05, 4.69) is 54.5 Å². The summed E-state index contributed by atoms with van der Waals surface area (Å²) in [5.74, 6) is 0.224. The van der Waals surface area contributed by atoms with Gasteiger partial charge in [-0.15, -0.1) is 0 Å². The molecule has 1 atom stereocenters. The number of para-hydroxylation sites is 1. The Morgan fingerprint density at radius 3 is 2.73 bits per heavy atom. The van der Waals surface area contributed by atoms with Crippen LogP contribution in [-0.2, 0) is 6.54 Å². The highest BCUT2D eigenvalue weighted by atomic mass is 16.2. The SMILES string of the molecule is CCC1CCCCN1C(=O)c1c(C)c2ccccc2n1CC. The minimum atomic E-state index is 0.224. The molecule has 1 amide bonds. The molecule has 0 spiro atoms. The van der Waals surface area contributed by atoms with Crippen LogP contribution < -0.4 is 0 Å². The summed E-state index contributed by atoms with van der Waals surface area (Å²) in [6, 6.07) is 8.76. The van der Waals surface area contributed by atoms with E-state index in [4.69, 9.17) is 0 Å². The Morgan fingerprint density at radius 2 is 2.00 bits per heavy atom. The van der Waals surface area contributed by atoms with Gasteiger partial charge in [0, 0.05) is 30.0 Å². The molecule has 0 N–H and O–H groups in total. The van der Waals surface area contributed by atoms with Gasteiger partial charge < -0.3 is 9.47 Å². The molecular weight excluding hydrogens is 272 g/mol. The van der Waals surface area contributed by atoms with E-state index in [1.807, 2.05) is 0 Å². The van der Waals surface area contributed by atoms with Crippen molar-refractivity contribution in [2.45, 2.75) is 59.0 Å². The Bertz CT molecular complexity index is 686. The van der Waals surface area contributed by atoms with Gasteiger partial charge in [0.15, 0.2) is 0 Å². The summed E-state index contributed by atoms with van der Waals surface area (Å²) in [5, 5.41) is 1.21. The summed E-state index contributed by atoms with van der Waals surface area (Å²) in [6.07, 6.45) is 4.58. The minimum Gasteiger partial charge on any atom is -0.337 e. The Kier molecular flexibility index (Phi) is 4.23. The highest BCUT2D eigenvalue weighted by Gasteiger charge is 2.30. The van der Waals surface area contributed by atoms with Gasteiger partial charge in [-0.1, -0.05) is 25.1 Å². The van der Waals surface area contributed by atoms with Crippen LogP contribution in [0.25, 0.3) is 10.9 Å². The third kappa shape index (κ3) is 2.33. The lowest BCUT2D eigenvalue weighted by atomic mass is 9.99. The van der Waals surface area contributed by atoms with Gasteiger partial charge in [-0.2, -0.15) is 0 Å². The van der Waals surface area contributed by atoms with E-state index in [0.717, 1.165) is 43.6 Å². The van der Waals surface area contributed by atoms with E-state index < -0.39 is 0 Å². The monoisotopic (exact) mass is 298 g/mol. The zero-order chi connectivity index (χ0) is 15.7. The molecule has 1 aromatic carbocycles. The van der Waals surface area contributed by atoms with Crippen LogP contribution in [0.1, 0.15) is 55.6 Å². The number of piperidine rings is 1. The van der Waals surface area contributed by atoms with Crippen LogP contribution in [0.4, 0.5) is 0 Å². The molecule has 2 aromatic rings. The molecule has 1 unspecified atom stereocenters. The average Bonchev–Trinajstić information content (AvgIpc) is 2.86. The molecule has 1 fully saturated rings. The molecule has 1 aromatic heterocycles. The van der Waals surface area contributed by atoms with Crippen molar-refractivity contribution in [2.24, 2.45) is 0 Å². The summed E-state index contributed by atoms with van der Waals surface area (Å²) < 4.78 is 2.19. The Labute approximate surface area is 132 Å². The predicted octanol–water partition coefficient (Wildman–Crippen LogP) is 4.37. The average molecular weight is 298 g/mol. The van der Waals surface area contributed by atoms with Crippen molar-refractivity contribution in [2.75, 3.05) is 6.54 Å². The normalized spacial score (nSPS) is 18.9. The fourth-order valence-corrected chi connectivity index (χ4v) is 3.91. The third-order valence-electron chi connectivity index (χ3n) is 5.10. The second-order valence-electron chi connectivity index (χ2n) is 6.29. The van der Waals surface area contributed by atoms with E-state index in [1.54, 1.807) is 0 Å². The lowest BCUT2D eigenvalue weighted by Gasteiger charge is -2.35. The maximum Gasteiger partial charge on any atom is 0.271 e. The fourth-order valence-electron chi connectivity index (χ4n) is 3.91. The fraction of sp³-hybridized carbons (Fsp3) is 0.526. The van der Waals surface area contributed by atoms with Gasteiger partial charge in [0.2, 0.25) is 0 Å². The van der Waals surface area contributed by atoms with Crippen molar-refractivity contribution in [1.29, 1.82) is 0 Å². The van der Waals surface area contributed by atoms with E-state index in [0.29, 0.717) is 6.04 Å². The summed E-state index contributed by atoms with van der Waals surface area (Å²) in [5.41, 5.74) is 3.20. The van der Waals surface area contributed by atoms with Crippen molar-refractivity contribution in [3.8, 4) is 0 Å². The van der Waals surface area contributed by atoms with Crippen LogP contribution in [0, 0.1) is 6.92 Å². The smallest absolute Gasteiger partial charge is 0.271 e. The van der Waals surface area contributed by atoms with Gasteiger partial charge in [0.05, 0.1) is 0 Å². The largest absolute Gasteiger partial charge is 0.337 e. The van der Waals surface area contributed by atoms with Crippen LogP contribution in [0.3, 0.4) is 0 Å². The molecule has 1 aliphatic heterocycles. The maximum absolute atomic E-state index is 13.2. The van der Waals surface area contributed by atoms with Gasteiger partial charge in [-0.3, -0.25) is 4.79 Å². The predicted molar refractivity (Wildman–Crippen MR) is 91.3 cm³/mol. The quantitative estimate of drug-likeness (QED) is 0.825. The summed E-state index contributed by atoms with van der Waals surface area (Å²) in [6.45, 7) is 8.14. The number of rotatable bonds is 3. The lowest BCUT2D eigenvalue weighted by molar-refractivity contribution is 0.0597. The molecule has 0 saturated carbocycles. The molecule has 0 aliphatic carbocycles. The molecule has 0 radical (unpaired) electrons. The second kappa shape index (κ2) is 6.15. The van der Waals surface area contributed by atoms with Crippen LogP contribution >= 0.6 is 0 Å². The number of hydrogen-bond donors (Lipinski definition) is 0. The van der Waals surface area contributed by atoms with Gasteiger partial charge in [0.25, 0.3) is 5.91 Å². The molecule has 3 rings (SSSR count). The molecule has 1 aliphatic rings. The number of amides is 1. The van der Waals surface area contributed by atoms with E-state index >= 15 is 0 Å². The van der Waals surface area contributed by atoms with Gasteiger partial charge in [0.1, 0.15) is 5.69 Å².